The molecule has 1 unspecified atom stereocenters. The zero-order chi connectivity index (χ0) is 14.9. The molecule has 1 aromatic heterocycles. The van der Waals surface area contributed by atoms with Gasteiger partial charge < -0.3 is 5.73 Å². The normalized spacial score (nSPS) is 21.5. The van der Waals surface area contributed by atoms with Crippen molar-refractivity contribution in [3.8, 4) is 0 Å². The van der Waals surface area contributed by atoms with Crippen LogP contribution in [0.5, 0.6) is 0 Å². The van der Waals surface area contributed by atoms with E-state index in [1.54, 1.807) is 11.3 Å². The van der Waals surface area contributed by atoms with E-state index in [9.17, 15) is 0 Å². The highest BCUT2D eigenvalue weighted by Crippen LogP contribution is 2.39. The number of hydrogen-bond donors (Lipinski definition) is 1. The summed E-state index contributed by atoms with van der Waals surface area (Å²) < 4.78 is 0. The van der Waals surface area contributed by atoms with E-state index in [0.29, 0.717) is 6.54 Å². The smallest absolute Gasteiger partial charge is 0.0798 e. The van der Waals surface area contributed by atoms with Gasteiger partial charge in [0.05, 0.1) is 16.7 Å². The van der Waals surface area contributed by atoms with Gasteiger partial charge in [0.25, 0.3) is 0 Å². The molecule has 0 aliphatic heterocycles. The van der Waals surface area contributed by atoms with Crippen molar-refractivity contribution in [2.75, 3.05) is 13.6 Å². The van der Waals surface area contributed by atoms with Gasteiger partial charge in [-0.05, 0) is 44.4 Å². The Bertz CT molecular complexity index is 622. The number of aromatic nitrogens is 1. The van der Waals surface area contributed by atoms with Crippen molar-refractivity contribution in [1.29, 1.82) is 0 Å². The van der Waals surface area contributed by atoms with Crippen LogP contribution in [0.1, 0.15) is 34.5 Å². The Morgan fingerprint density at radius 1 is 1.38 bits per heavy atom. The highest BCUT2D eigenvalue weighted by Gasteiger charge is 2.38. The molecule has 3 rings (SSSR count). The molecule has 0 fully saturated rings. The van der Waals surface area contributed by atoms with Gasteiger partial charge in [0.15, 0.2) is 0 Å². The van der Waals surface area contributed by atoms with Crippen LogP contribution in [-0.2, 0) is 18.5 Å². The molecule has 1 aromatic carbocycles. The molecule has 21 heavy (non-hydrogen) atoms. The number of likely N-dealkylation sites (N-methyl/N-ethyl adjacent to an activating group) is 1. The average molecular weight is 301 g/mol. The largest absolute Gasteiger partial charge is 0.328 e. The number of thiazole rings is 1. The number of nitrogens with two attached hydrogens (primary N) is 1. The molecular weight excluding hydrogens is 278 g/mol. The predicted molar refractivity (Wildman–Crippen MR) is 88.4 cm³/mol. The van der Waals surface area contributed by atoms with Crippen LogP contribution in [0.15, 0.2) is 29.8 Å². The maximum absolute atomic E-state index is 6.27. The first-order valence-corrected chi connectivity index (χ1v) is 8.44. The van der Waals surface area contributed by atoms with Crippen molar-refractivity contribution < 1.29 is 0 Å². The fourth-order valence-corrected chi connectivity index (χ4v) is 4.34. The minimum atomic E-state index is -0.0364. The van der Waals surface area contributed by atoms with Crippen molar-refractivity contribution in [2.45, 2.75) is 38.3 Å². The third-order valence-corrected chi connectivity index (χ3v) is 5.77. The lowest BCUT2D eigenvalue weighted by atomic mass is 9.75. The molecule has 0 saturated carbocycles. The van der Waals surface area contributed by atoms with Crippen molar-refractivity contribution in [1.82, 2.24) is 9.88 Å². The zero-order valence-electron chi connectivity index (χ0n) is 12.8. The molecule has 2 N–H and O–H groups in total. The van der Waals surface area contributed by atoms with E-state index in [1.807, 2.05) is 5.51 Å². The van der Waals surface area contributed by atoms with Crippen LogP contribution in [-0.4, -0.2) is 23.5 Å². The van der Waals surface area contributed by atoms with Crippen molar-refractivity contribution in [2.24, 2.45) is 5.73 Å². The van der Waals surface area contributed by atoms with Crippen LogP contribution in [0, 0.1) is 6.92 Å². The van der Waals surface area contributed by atoms with Crippen LogP contribution in [0.2, 0.25) is 0 Å². The van der Waals surface area contributed by atoms with E-state index in [2.05, 4.69) is 48.1 Å². The maximum atomic E-state index is 6.27. The van der Waals surface area contributed by atoms with E-state index >= 15 is 0 Å². The van der Waals surface area contributed by atoms with Gasteiger partial charge in [-0.15, -0.1) is 11.3 Å². The molecule has 1 heterocycles. The summed E-state index contributed by atoms with van der Waals surface area (Å²) in [6.45, 7) is 3.67. The molecule has 1 aliphatic rings. The van der Waals surface area contributed by atoms with Gasteiger partial charge >= 0.3 is 0 Å². The first-order valence-electron chi connectivity index (χ1n) is 7.56. The van der Waals surface area contributed by atoms with E-state index in [4.69, 9.17) is 5.73 Å². The Labute approximate surface area is 130 Å². The lowest BCUT2D eigenvalue weighted by Gasteiger charge is -2.45. The number of hydrogen-bond acceptors (Lipinski definition) is 4. The van der Waals surface area contributed by atoms with E-state index in [1.165, 1.54) is 28.8 Å². The molecule has 2 aromatic rings. The molecule has 0 bridgehead atoms. The average Bonchev–Trinajstić information content (AvgIpc) is 2.91. The van der Waals surface area contributed by atoms with Crippen LogP contribution >= 0.6 is 11.3 Å². The molecule has 0 radical (unpaired) electrons. The number of aryl methyl sites for hydroxylation is 2. The Kier molecular flexibility index (Phi) is 4.11. The third kappa shape index (κ3) is 2.52. The Hall–Kier alpha value is -1.23. The number of benzene rings is 1. The Morgan fingerprint density at radius 2 is 2.19 bits per heavy atom. The topological polar surface area (TPSA) is 42.2 Å². The lowest BCUT2D eigenvalue weighted by Crippen LogP contribution is -2.51. The van der Waals surface area contributed by atoms with E-state index in [0.717, 1.165) is 18.7 Å². The number of rotatable bonds is 4. The summed E-state index contributed by atoms with van der Waals surface area (Å²) in [4.78, 5) is 8.15. The van der Waals surface area contributed by atoms with E-state index in [-0.39, 0.29) is 5.54 Å². The first kappa shape index (κ1) is 14.7. The molecule has 1 aliphatic carbocycles. The summed E-state index contributed by atoms with van der Waals surface area (Å²) in [6, 6.07) is 8.79. The molecular formula is C17H23N3S. The first-order chi connectivity index (χ1) is 10.2. The minimum absolute atomic E-state index is 0.0364. The molecule has 0 spiro atoms. The van der Waals surface area contributed by atoms with E-state index < -0.39 is 0 Å². The van der Waals surface area contributed by atoms with Gasteiger partial charge in [0, 0.05) is 18.0 Å². The second-order valence-electron chi connectivity index (χ2n) is 5.96. The lowest BCUT2D eigenvalue weighted by molar-refractivity contribution is 0.0967. The number of nitrogens with zero attached hydrogens (tertiary/aromatic N) is 2. The molecule has 0 saturated heterocycles. The highest BCUT2D eigenvalue weighted by atomic mass is 32.1. The second-order valence-corrected chi connectivity index (χ2v) is 6.90. The second kappa shape index (κ2) is 5.87. The fraction of sp³-hybridized carbons (Fsp3) is 0.471. The highest BCUT2D eigenvalue weighted by molar-refractivity contribution is 7.09. The maximum Gasteiger partial charge on any atom is 0.0798 e. The van der Waals surface area contributed by atoms with Crippen molar-refractivity contribution in [3.05, 3.63) is 51.5 Å². The quantitative estimate of drug-likeness (QED) is 0.943. The minimum Gasteiger partial charge on any atom is -0.328 e. The fourth-order valence-electron chi connectivity index (χ4n) is 3.51. The van der Waals surface area contributed by atoms with Gasteiger partial charge in [-0.2, -0.15) is 0 Å². The summed E-state index contributed by atoms with van der Waals surface area (Å²) in [5.74, 6) is 0. The Morgan fingerprint density at radius 3 is 2.90 bits per heavy atom. The summed E-state index contributed by atoms with van der Waals surface area (Å²) in [6.07, 6.45) is 3.51. The van der Waals surface area contributed by atoms with Crippen LogP contribution in [0.4, 0.5) is 0 Å². The van der Waals surface area contributed by atoms with Crippen LogP contribution < -0.4 is 5.73 Å². The van der Waals surface area contributed by atoms with Crippen LogP contribution in [0.3, 0.4) is 0 Å². The SMILES string of the molecule is Cc1ncsc1CN(C)C1(CN)CCCc2ccccc21. The standard InChI is InChI=1S/C17H23N3S/c1-13-16(21-12-19-13)10-20(2)17(11-18)9-5-7-14-6-3-4-8-15(14)17/h3-4,6,8,12H,5,7,9-11,18H2,1-2H3. The monoisotopic (exact) mass is 301 g/mol. The summed E-state index contributed by atoms with van der Waals surface area (Å²) in [5, 5.41) is 0. The van der Waals surface area contributed by atoms with Gasteiger partial charge in [-0.1, -0.05) is 24.3 Å². The van der Waals surface area contributed by atoms with Crippen LogP contribution in [0.25, 0.3) is 0 Å². The Balaban J connectivity index is 1.96. The summed E-state index contributed by atoms with van der Waals surface area (Å²) in [7, 11) is 2.20. The molecule has 112 valence electrons. The zero-order valence-corrected chi connectivity index (χ0v) is 13.6. The third-order valence-electron chi connectivity index (χ3n) is 4.85. The van der Waals surface area contributed by atoms with Crippen molar-refractivity contribution >= 4 is 11.3 Å². The van der Waals surface area contributed by atoms with Gasteiger partial charge in [0.2, 0.25) is 0 Å². The molecule has 0 amide bonds. The summed E-state index contributed by atoms with van der Waals surface area (Å²) in [5.41, 5.74) is 12.2. The molecule has 1 atom stereocenters. The van der Waals surface area contributed by atoms with Gasteiger partial charge in [-0.25, -0.2) is 4.98 Å². The number of fused-ring (bicyclic) bond motifs is 1. The summed E-state index contributed by atoms with van der Waals surface area (Å²) >= 11 is 1.74. The molecule has 4 heteroatoms. The van der Waals surface area contributed by atoms with Gasteiger partial charge in [0.1, 0.15) is 0 Å². The molecule has 3 nitrogen and oxygen atoms in total. The predicted octanol–water partition coefficient (Wildman–Crippen LogP) is 3.07. The van der Waals surface area contributed by atoms with Crippen molar-refractivity contribution in [3.63, 3.8) is 0 Å². The van der Waals surface area contributed by atoms with Gasteiger partial charge in [-0.3, -0.25) is 4.90 Å².